The van der Waals surface area contributed by atoms with E-state index in [0.717, 1.165) is 0 Å². The molecule has 2 N–H and O–H groups in total. The number of rotatable bonds is 9. The molecule has 1 aliphatic heterocycles. The average Bonchev–Trinajstić information content (AvgIpc) is 3.22. The summed E-state index contributed by atoms with van der Waals surface area (Å²) in [5, 5.41) is 6.46. The lowest BCUT2D eigenvalue weighted by molar-refractivity contribution is -0.120. The van der Waals surface area contributed by atoms with Crippen LogP contribution in [0.1, 0.15) is 29.8 Å². The van der Waals surface area contributed by atoms with Gasteiger partial charge in [-0.3, -0.25) is 9.59 Å². The van der Waals surface area contributed by atoms with Gasteiger partial charge < -0.3 is 24.3 Å². The average molecular weight is 492 g/mol. The number of nitrogens with zero attached hydrogens (tertiary/aromatic N) is 1. The van der Waals surface area contributed by atoms with Crippen LogP contribution in [0.2, 0.25) is 0 Å². The zero-order valence-corrected chi connectivity index (χ0v) is 18.7. The van der Waals surface area contributed by atoms with Crippen LogP contribution in [-0.4, -0.2) is 44.6 Å². The number of hydrazone groups is 1. The third-order valence-electron chi connectivity index (χ3n) is 4.07. The monoisotopic (exact) mass is 491 g/mol. The summed E-state index contributed by atoms with van der Waals surface area (Å²) in [5.41, 5.74) is 3.44. The maximum Gasteiger partial charge on any atom is 0.259 e. The largest absolute Gasteiger partial charge is 0.490 e. The molecule has 2 aromatic carbocycles. The van der Waals surface area contributed by atoms with E-state index in [2.05, 4.69) is 31.8 Å². The Bertz CT molecular complexity index is 995. The molecule has 1 heterocycles. The Hall–Kier alpha value is -3.27. The van der Waals surface area contributed by atoms with Gasteiger partial charge in [-0.1, -0.05) is 0 Å². The fourth-order valence-corrected chi connectivity index (χ4v) is 3.30. The van der Waals surface area contributed by atoms with Crippen LogP contribution < -0.4 is 29.7 Å². The molecule has 0 saturated heterocycles. The van der Waals surface area contributed by atoms with E-state index in [9.17, 15) is 9.59 Å². The number of hydrogen-bond donors (Lipinski definition) is 2. The maximum absolute atomic E-state index is 12.2. The van der Waals surface area contributed by atoms with E-state index in [4.69, 9.17) is 18.9 Å². The first-order chi connectivity index (χ1) is 15.0. The minimum atomic E-state index is -0.472. The first kappa shape index (κ1) is 22.4. The zero-order chi connectivity index (χ0) is 22.2. The molecule has 0 atom stereocenters. The quantitative estimate of drug-likeness (QED) is 0.412. The summed E-state index contributed by atoms with van der Waals surface area (Å²) in [5.74, 6) is 1.38. The summed E-state index contributed by atoms with van der Waals surface area (Å²) in [6, 6.07) is 8.36. The SMILES string of the molecule is CCOc1cc(/C=N\NC(=O)CNC(=O)c2ccc3c(c2)OCO3)cc(Br)c1OCC. The summed E-state index contributed by atoms with van der Waals surface area (Å²) < 4.78 is 22.4. The van der Waals surface area contributed by atoms with Gasteiger partial charge in [-0.05, 0) is 65.7 Å². The molecule has 0 bridgehead atoms. The van der Waals surface area contributed by atoms with Crippen molar-refractivity contribution in [3.63, 3.8) is 0 Å². The van der Waals surface area contributed by atoms with Crippen LogP contribution in [0.15, 0.2) is 39.9 Å². The highest BCUT2D eigenvalue weighted by atomic mass is 79.9. The number of benzene rings is 2. The lowest BCUT2D eigenvalue weighted by atomic mass is 10.2. The van der Waals surface area contributed by atoms with Crippen molar-refractivity contribution < 1.29 is 28.5 Å². The summed E-state index contributed by atoms with van der Waals surface area (Å²) in [6.07, 6.45) is 1.47. The predicted octanol–water partition coefficient (Wildman–Crippen LogP) is 2.86. The van der Waals surface area contributed by atoms with E-state index >= 15 is 0 Å². The number of nitrogens with one attached hydrogen (secondary N) is 2. The number of fused-ring (bicyclic) bond motifs is 1. The van der Waals surface area contributed by atoms with Gasteiger partial charge in [-0.15, -0.1) is 0 Å². The van der Waals surface area contributed by atoms with E-state index in [1.54, 1.807) is 30.3 Å². The number of carbonyl (C=O) groups excluding carboxylic acids is 2. The van der Waals surface area contributed by atoms with E-state index in [1.807, 2.05) is 13.8 Å². The molecule has 0 fully saturated rings. The van der Waals surface area contributed by atoms with Crippen molar-refractivity contribution >= 4 is 34.0 Å². The first-order valence-electron chi connectivity index (χ1n) is 9.60. The Labute approximate surface area is 187 Å². The number of halogens is 1. The van der Waals surface area contributed by atoms with Gasteiger partial charge in [0, 0.05) is 5.56 Å². The molecule has 0 radical (unpaired) electrons. The molecule has 0 aliphatic carbocycles. The second-order valence-corrected chi connectivity index (χ2v) is 7.09. The van der Waals surface area contributed by atoms with Crippen molar-refractivity contribution in [2.75, 3.05) is 26.6 Å². The summed E-state index contributed by atoms with van der Waals surface area (Å²) >= 11 is 3.45. The number of ether oxygens (including phenoxy) is 4. The molecule has 2 amide bonds. The Morgan fingerprint density at radius 2 is 1.90 bits per heavy atom. The van der Waals surface area contributed by atoms with Gasteiger partial charge >= 0.3 is 0 Å². The van der Waals surface area contributed by atoms with Crippen LogP contribution in [0.5, 0.6) is 23.0 Å². The van der Waals surface area contributed by atoms with Crippen LogP contribution >= 0.6 is 15.9 Å². The smallest absolute Gasteiger partial charge is 0.259 e. The van der Waals surface area contributed by atoms with E-state index in [-0.39, 0.29) is 13.3 Å². The number of hydrogen-bond acceptors (Lipinski definition) is 7. The van der Waals surface area contributed by atoms with Crippen LogP contribution in [-0.2, 0) is 4.79 Å². The maximum atomic E-state index is 12.2. The Morgan fingerprint density at radius 1 is 1.13 bits per heavy atom. The van der Waals surface area contributed by atoms with Crippen molar-refractivity contribution in [3.8, 4) is 23.0 Å². The van der Waals surface area contributed by atoms with E-state index in [0.29, 0.717) is 51.8 Å². The molecule has 0 spiro atoms. The fourth-order valence-electron chi connectivity index (χ4n) is 2.73. The second kappa shape index (κ2) is 10.7. The predicted molar refractivity (Wildman–Crippen MR) is 117 cm³/mol. The van der Waals surface area contributed by atoms with Gasteiger partial charge in [0.2, 0.25) is 6.79 Å². The molecule has 0 unspecified atom stereocenters. The highest BCUT2D eigenvalue weighted by molar-refractivity contribution is 9.10. The lowest BCUT2D eigenvalue weighted by Crippen LogP contribution is -2.34. The van der Waals surface area contributed by atoms with Crippen molar-refractivity contribution in [1.29, 1.82) is 0 Å². The van der Waals surface area contributed by atoms with Crippen molar-refractivity contribution in [2.45, 2.75) is 13.8 Å². The standard InChI is InChI=1S/C21H22BrN3O6/c1-3-28-18-8-13(7-15(22)20(18)29-4-2)10-24-25-19(26)11-23-21(27)14-5-6-16-17(9-14)31-12-30-16/h5-10H,3-4,11-12H2,1-2H3,(H,23,27)(H,25,26)/b24-10-. The molecule has 9 nitrogen and oxygen atoms in total. The van der Waals surface area contributed by atoms with Gasteiger partial charge in [-0.25, -0.2) is 5.43 Å². The second-order valence-electron chi connectivity index (χ2n) is 6.24. The van der Waals surface area contributed by atoms with Gasteiger partial charge in [0.25, 0.3) is 11.8 Å². The molecule has 164 valence electrons. The third-order valence-corrected chi connectivity index (χ3v) is 4.66. The van der Waals surface area contributed by atoms with Gasteiger partial charge in [0.05, 0.1) is 30.4 Å². The molecule has 31 heavy (non-hydrogen) atoms. The normalized spacial score (nSPS) is 12.0. The number of carbonyl (C=O) groups is 2. The minimum Gasteiger partial charge on any atom is -0.490 e. The Kier molecular flexibility index (Phi) is 7.71. The van der Waals surface area contributed by atoms with Gasteiger partial charge in [0.15, 0.2) is 23.0 Å². The topological polar surface area (TPSA) is 107 Å². The molecule has 1 aliphatic rings. The Morgan fingerprint density at radius 3 is 2.68 bits per heavy atom. The molecule has 0 saturated carbocycles. The summed E-state index contributed by atoms with van der Waals surface area (Å²) in [4.78, 5) is 24.2. The fraction of sp³-hybridized carbons (Fsp3) is 0.286. The minimum absolute atomic E-state index is 0.123. The van der Waals surface area contributed by atoms with Gasteiger partial charge in [-0.2, -0.15) is 5.10 Å². The lowest BCUT2D eigenvalue weighted by Gasteiger charge is -2.13. The molecular formula is C21H22BrN3O6. The highest BCUT2D eigenvalue weighted by Crippen LogP contribution is 2.36. The molecular weight excluding hydrogens is 470 g/mol. The summed E-state index contributed by atoms with van der Waals surface area (Å²) in [6.45, 7) is 4.63. The van der Waals surface area contributed by atoms with E-state index < -0.39 is 11.8 Å². The highest BCUT2D eigenvalue weighted by Gasteiger charge is 2.16. The van der Waals surface area contributed by atoms with Crippen molar-refractivity contribution in [1.82, 2.24) is 10.7 Å². The Balaban J connectivity index is 1.53. The molecule has 0 aromatic heterocycles. The third kappa shape index (κ3) is 5.88. The van der Waals surface area contributed by atoms with Crippen molar-refractivity contribution in [2.24, 2.45) is 5.10 Å². The zero-order valence-electron chi connectivity index (χ0n) is 17.1. The van der Waals surface area contributed by atoms with Crippen LogP contribution in [0, 0.1) is 0 Å². The van der Waals surface area contributed by atoms with Crippen LogP contribution in [0.4, 0.5) is 0 Å². The van der Waals surface area contributed by atoms with Crippen LogP contribution in [0.3, 0.4) is 0 Å². The first-order valence-corrected chi connectivity index (χ1v) is 10.4. The van der Waals surface area contributed by atoms with E-state index in [1.165, 1.54) is 6.21 Å². The van der Waals surface area contributed by atoms with Crippen molar-refractivity contribution in [3.05, 3.63) is 45.9 Å². The van der Waals surface area contributed by atoms with Crippen LogP contribution in [0.25, 0.3) is 0 Å². The molecule has 3 rings (SSSR count). The summed E-state index contributed by atoms with van der Waals surface area (Å²) in [7, 11) is 0. The number of amides is 2. The molecule has 2 aromatic rings. The molecule has 10 heteroatoms. The van der Waals surface area contributed by atoms with Gasteiger partial charge in [0.1, 0.15) is 0 Å².